The minimum absolute atomic E-state index is 0. The summed E-state index contributed by atoms with van der Waals surface area (Å²) in [6.07, 6.45) is -0.116. The van der Waals surface area contributed by atoms with E-state index in [1.807, 2.05) is 31.2 Å². The Morgan fingerprint density at radius 1 is 1.29 bits per heavy atom. The number of hydrogen-bond acceptors (Lipinski definition) is 5. The average molecular weight is 493 g/mol. The number of carbonyl (C=O) groups excluding carboxylic acids is 1. The molecule has 5 N–H and O–H groups in total. The van der Waals surface area contributed by atoms with Gasteiger partial charge in [-0.25, -0.2) is 0 Å². The molecule has 2 aromatic rings. The number of nitrogens with zero attached hydrogens (tertiary/aromatic N) is 1. The summed E-state index contributed by atoms with van der Waals surface area (Å²) < 4.78 is 11.3. The second-order valence-corrected chi connectivity index (χ2v) is 7.65. The Morgan fingerprint density at radius 3 is 2.74 bits per heavy atom. The highest BCUT2D eigenvalue weighted by Gasteiger charge is 2.23. The molecule has 1 fully saturated rings. The zero-order chi connectivity index (χ0) is 20.8. The SMILES string of the molecule is CCOc1cc(N)c(Cl)cc1C(=O)NCC1CN(Cc2ccccc2Cl)CCO1.Cl.O. The molecular formula is C21H28Cl3N3O4. The van der Waals surface area contributed by atoms with Crippen LogP contribution in [0.15, 0.2) is 36.4 Å². The van der Waals surface area contributed by atoms with Crippen molar-refractivity contribution in [3.8, 4) is 5.75 Å². The van der Waals surface area contributed by atoms with Crippen LogP contribution in [0.25, 0.3) is 0 Å². The molecule has 0 aromatic heterocycles. The average Bonchev–Trinajstić information content (AvgIpc) is 2.71. The van der Waals surface area contributed by atoms with Gasteiger partial charge in [-0.15, -0.1) is 12.4 Å². The number of morpholine rings is 1. The van der Waals surface area contributed by atoms with Gasteiger partial charge in [0, 0.05) is 37.3 Å². The molecule has 10 heteroatoms. The molecule has 1 unspecified atom stereocenters. The van der Waals surface area contributed by atoms with Crippen LogP contribution in [0.4, 0.5) is 5.69 Å². The molecule has 1 aliphatic heterocycles. The summed E-state index contributed by atoms with van der Waals surface area (Å²) in [6.45, 7) is 5.51. The highest BCUT2D eigenvalue weighted by molar-refractivity contribution is 6.33. The fourth-order valence-corrected chi connectivity index (χ4v) is 3.60. The second kappa shape index (κ2) is 13.0. The van der Waals surface area contributed by atoms with Crippen LogP contribution < -0.4 is 15.8 Å². The van der Waals surface area contributed by atoms with E-state index in [2.05, 4.69) is 10.2 Å². The maximum atomic E-state index is 12.7. The first-order valence-electron chi connectivity index (χ1n) is 9.55. The number of nitrogens with one attached hydrogen (secondary N) is 1. The minimum Gasteiger partial charge on any atom is -0.493 e. The smallest absolute Gasteiger partial charge is 0.255 e. The highest BCUT2D eigenvalue weighted by atomic mass is 35.5. The maximum Gasteiger partial charge on any atom is 0.255 e. The molecule has 2 aromatic carbocycles. The summed E-state index contributed by atoms with van der Waals surface area (Å²) in [5.41, 5.74) is 7.63. The first-order valence-corrected chi connectivity index (χ1v) is 10.3. The third kappa shape index (κ3) is 7.42. The lowest BCUT2D eigenvalue weighted by atomic mass is 10.1. The van der Waals surface area contributed by atoms with Gasteiger partial charge in [-0.2, -0.15) is 0 Å². The number of halogens is 3. The summed E-state index contributed by atoms with van der Waals surface area (Å²) in [4.78, 5) is 15.0. The molecule has 1 amide bonds. The summed E-state index contributed by atoms with van der Waals surface area (Å²) in [7, 11) is 0. The molecule has 172 valence electrons. The fraction of sp³-hybridized carbons (Fsp3) is 0.381. The van der Waals surface area contributed by atoms with Gasteiger partial charge in [-0.05, 0) is 24.6 Å². The first-order chi connectivity index (χ1) is 14.0. The second-order valence-electron chi connectivity index (χ2n) is 6.83. The molecule has 1 heterocycles. The number of rotatable bonds is 7. The molecule has 7 nitrogen and oxygen atoms in total. The zero-order valence-corrected chi connectivity index (χ0v) is 19.5. The van der Waals surface area contributed by atoms with Crippen LogP contribution in [-0.2, 0) is 11.3 Å². The number of nitrogens with two attached hydrogens (primary N) is 1. The quantitative estimate of drug-likeness (QED) is 0.577. The van der Waals surface area contributed by atoms with Gasteiger partial charge in [0.25, 0.3) is 5.91 Å². The fourth-order valence-electron chi connectivity index (χ4n) is 3.24. The van der Waals surface area contributed by atoms with Crippen LogP contribution in [0.2, 0.25) is 10.0 Å². The number of amides is 1. The lowest BCUT2D eigenvalue weighted by Gasteiger charge is -2.33. The van der Waals surface area contributed by atoms with Crippen molar-refractivity contribution in [3.63, 3.8) is 0 Å². The van der Waals surface area contributed by atoms with E-state index in [0.29, 0.717) is 48.3 Å². The zero-order valence-electron chi connectivity index (χ0n) is 17.2. The van der Waals surface area contributed by atoms with E-state index in [-0.39, 0.29) is 29.9 Å². The Kier molecular flexibility index (Phi) is 11.4. The van der Waals surface area contributed by atoms with Crippen molar-refractivity contribution in [2.24, 2.45) is 0 Å². The van der Waals surface area contributed by atoms with Crippen molar-refractivity contribution in [2.75, 3.05) is 38.6 Å². The molecule has 0 saturated carbocycles. The molecular weight excluding hydrogens is 465 g/mol. The molecule has 0 aliphatic carbocycles. The first kappa shape index (κ1) is 27.3. The van der Waals surface area contributed by atoms with Crippen LogP contribution in [0, 0.1) is 0 Å². The lowest BCUT2D eigenvalue weighted by Crippen LogP contribution is -2.47. The van der Waals surface area contributed by atoms with E-state index < -0.39 is 0 Å². The van der Waals surface area contributed by atoms with Crippen molar-refractivity contribution in [3.05, 3.63) is 57.6 Å². The van der Waals surface area contributed by atoms with Crippen LogP contribution in [0.1, 0.15) is 22.8 Å². The van der Waals surface area contributed by atoms with E-state index in [0.717, 1.165) is 23.7 Å². The summed E-state index contributed by atoms with van der Waals surface area (Å²) in [6, 6.07) is 10.9. The third-order valence-corrected chi connectivity index (χ3v) is 5.40. The highest BCUT2D eigenvalue weighted by Crippen LogP contribution is 2.29. The topological polar surface area (TPSA) is 108 Å². The third-order valence-electron chi connectivity index (χ3n) is 4.71. The van der Waals surface area contributed by atoms with E-state index in [4.69, 9.17) is 38.4 Å². The Balaban J connectivity index is 0.00000240. The van der Waals surface area contributed by atoms with Crippen LogP contribution in [0.3, 0.4) is 0 Å². The van der Waals surface area contributed by atoms with Crippen molar-refractivity contribution < 1.29 is 19.7 Å². The predicted molar refractivity (Wildman–Crippen MR) is 127 cm³/mol. The Hall–Kier alpha value is -1.74. The van der Waals surface area contributed by atoms with E-state index in [1.54, 1.807) is 6.07 Å². The van der Waals surface area contributed by atoms with Gasteiger partial charge in [-0.1, -0.05) is 41.4 Å². The van der Waals surface area contributed by atoms with Crippen LogP contribution in [-0.4, -0.2) is 55.2 Å². The summed E-state index contributed by atoms with van der Waals surface area (Å²) in [5, 5.41) is 3.99. The Labute approximate surface area is 198 Å². The molecule has 1 aliphatic rings. The molecule has 3 rings (SSSR count). The Bertz CT molecular complexity index is 870. The summed E-state index contributed by atoms with van der Waals surface area (Å²) in [5.74, 6) is 0.138. The standard InChI is InChI=1S/C21H25Cl2N3O3.ClH.H2O/c1-2-28-20-10-19(24)18(23)9-16(20)21(27)25-11-15-13-26(7-8-29-15)12-14-5-3-4-6-17(14)22;;/h3-6,9-10,15H,2,7-8,11-13,24H2,1H3,(H,25,27);1H;1H2. The van der Waals surface area contributed by atoms with Crippen LogP contribution in [0.5, 0.6) is 5.75 Å². The number of carbonyl (C=O) groups is 1. The van der Waals surface area contributed by atoms with Gasteiger partial charge in [0.1, 0.15) is 5.75 Å². The van der Waals surface area contributed by atoms with Crippen molar-refractivity contribution >= 4 is 47.2 Å². The van der Waals surface area contributed by atoms with E-state index in [1.165, 1.54) is 6.07 Å². The molecule has 0 spiro atoms. The van der Waals surface area contributed by atoms with Gasteiger partial charge in [-0.3, -0.25) is 9.69 Å². The van der Waals surface area contributed by atoms with E-state index >= 15 is 0 Å². The van der Waals surface area contributed by atoms with Crippen molar-refractivity contribution in [1.82, 2.24) is 10.2 Å². The number of anilines is 1. The molecule has 1 saturated heterocycles. The normalized spacial score (nSPS) is 16.0. The molecule has 0 bridgehead atoms. The van der Waals surface area contributed by atoms with Crippen LogP contribution >= 0.6 is 35.6 Å². The molecule has 31 heavy (non-hydrogen) atoms. The van der Waals surface area contributed by atoms with Gasteiger partial charge in [0.05, 0.1) is 35.6 Å². The molecule has 0 radical (unpaired) electrons. The maximum absolute atomic E-state index is 12.7. The lowest BCUT2D eigenvalue weighted by molar-refractivity contribution is -0.0292. The molecule has 1 atom stereocenters. The van der Waals surface area contributed by atoms with Crippen molar-refractivity contribution in [1.29, 1.82) is 0 Å². The van der Waals surface area contributed by atoms with Gasteiger partial charge in [0.2, 0.25) is 0 Å². The number of benzene rings is 2. The van der Waals surface area contributed by atoms with Crippen molar-refractivity contribution in [2.45, 2.75) is 19.6 Å². The number of ether oxygens (including phenoxy) is 2. The largest absolute Gasteiger partial charge is 0.493 e. The number of nitrogen functional groups attached to an aromatic ring is 1. The monoisotopic (exact) mass is 491 g/mol. The predicted octanol–water partition coefficient (Wildman–Crippen LogP) is 3.20. The Morgan fingerprint density at radius 2 is 2.03 bits per heavy atom. The van der Waals surface area contributed by atoms with E-state index in [9.17, 15) is 4.79 Å². The van der Waals surface area contributed by atoms with Gasteiger partial charge in [0.15, 0.2) is 0 Å². The van der Waals surface area contributed by atoms with Gasteiger partial charge >= 0.3 is 0 Å². The minimum atomic E-state index is -0.276. The van der Waals surface area contributed by atoms with Gasteiger partial charge < -0.3 is 26.0 Å². The summed E-state index contributed by atoms with van der Waals surface area (Å²) >= 11 is 12.4. The number of hydrogen-bond donors (Lipinski definition) is 2.